The number of aliphatic hydroxyl groups excluding tert-OH is 1. The smallest absolute Gasteiger partial charge is 0.407 e. The summed E-state index contributed by atoms with van der Waals surface area (Å²) in [6.07, 6.45) is -0.143. The molecule has 2 aliphatic rings. The highest BCUT2D eigenvalue weighted by atomic mass is 32.2. The van der Waals surface area contributed by atoms with Gasteiger partial charge in [0.25, 0.3) is 10.1 Å². The van der Waals surface area contributed by atoms with E-state index < -0.39 is 51.5 Å². The summed E-state index contributed by atoms with van der Waals surface area (Å²) in [5.41, 5.74) is -1.38. The third-order valence-corrected chi connectivity index (χ3v) is 7.97. The fourth-order valence-electron chi connectivity index (χ4n) is 4.90. The van der Waals surface area contributed by atoms with Gasteiger partial charge in [0.2, 0.25) is 23.2 Å². The maximum Gasteiger partial charge on any atom is 0.407 e. The Bertz CT molecular complexity index is 1160. The number of benzene rings is 1. The zero-order valence-electron chi connectivity index (χ0n) is 22.6. The van der Waals surface area contributed by atoms with E-state index in [0.29, 0.717) is 32.5 Å². The molecule has 1 aromatic rings. The zero-order valence-corrected chi connectivity index (χ0v) is 23.4. The Labute approximate surface area is 233 Å². The standard InChI is InChI=1S/C26H38N4O9S/c1-16(2)12-20(23(32)28-21(25(34)40(36,37)38)13-18-8-10-27-22(18)31)29-26(35)39-15-19-9-11-30(24(19)33)14-17-6-4-3-5-7-17/h3-7,16,18-21,25,34H,8-15H2,1-2H3,(H,27,31)(H,28,32)(H,29,35)(H,36,37,38)/t18-,19?,20-,21-,25?/m0/s1. The van der Waals surface area contributed by atoms with Gasteiger partial charge in [-0.25, -0.2) is 4.79 Å². The molecule has 0 aromatic heterocycles. The van der Waals surface area contributed by atoms with Gasteiger partial charge in [-0.3, -0.25) is 18.9 Å². The largest absolute Gasteiger partial charge is 0.449 e. The van der Waals surface area contributed by atoms with Gasteiger partial charge in [0.15, 0.2) is 0 Å². The van der Waals surface area contributed by atoms with E-state index >= 15 is 0 Å². The summed E-state index contributed by atoms with van der Waals surface area (Å²) in [7, 11) is -4.97. The molecule has 0 saturated carbocycles. The van der Waals surface area contributed by atoms with E-state index in [1.165, 1.54) is 0 Å². The molecular formula is C26H38N4O9S. The van der Waals surface area contributed by atoms with Gasteiger partial charge in [-0.1, -0.05) is 44.2 Å². The number of amides is 4. The average Bonchev–Trinajstić information content (AvgIpc) is 3.45. The SMILES string of the molecule is CC(C)C[C@H](NC(=O)OCC1CCN(Cc2ccccc2)C1=O)C(=O)N[C@@H](C[C@@H]1CCNC1=O)C(O)S(=O)(=O)O. The summed E-state index contributed by atoms with van der Waals surface area (Å²) >= 11 is 0. The maximum atomic E-state index is 13.1. The number of hydrogen-bond donors (Lipinski definition) is 5. The van der Waals surface area contributed by atoms with Gasteiger partial charge in [-0.2, -0.15) is 8.42 Å². The highest BCUT2D eigenvalue weighted by Gasteiger charge is 2.38. The van der Waals surface area contributed by atoms with Crippen molar-refractivity contribution in [2.24, 2.45) is 17.8 Å². The summed E-state index contributed by atoms with van der Waals surface area (Å²) in [4.78, 5) is 52.2. The van der Waals surface area contributed by atoms with Crippen molar-refractivity contribution in [3.05, 3.63) is 35.9 Å². The Morgan fingerprint density at radius 1 is 1.12 bits per heavy atom. The molecule has 3 rings (SSSR count). The van der Waals surface area contributed by atoms with Gasteiger partial charge in [0.1, 0.15) is 12.6 Å². The molecule has 14 heteroatoms. The normalized spacial score (nSPS) is 21.6. The van der Waals surface area contributed by atoms with Crippen LogP contribution in [0, 0.1) is 17.8 Å². The molecular weight excluding hydrogens is 544 g/mol. The van der Waals surface area contributed by atoms with Gasteiger partial charge in [0, 0.05) is 25.6 Å². The van der Waals surface area contributed by atoms with E-state index in [0.717, 1.165) is 5.56 Å². The molecule has 2 saturated heterocycles. The lowest BCUT2D eigenvalue weighted by Gasteiger charge is -2.27. The molecule has 2 heterocycles. The van der Waals surface area contributed by atoms with E-state index in [1.54, 1.807) is 18.7 Å². The molecule has 2 fully saturated rings. The molecule has 2 unspecified atom stereocenters. The highest BCUT2D eigenvalue weighted by molar-refractivity contribution is 7.86. The number of carbonyl (C=O) groups is 4. The van der Waals surface area contributed by atoms with Crippen LogP contribution in [0.5, 0.6) is 0 Å². The number of carbonyl (C=O) groups excluding carboxylic acids is 4. The molecule has 4 amide bonds. The zero-order chi connectivity index (χ0) is 29.4. The summed E-state index contributed by atoms with van der Waals surface area (Å²) in [5, 5.41) is 17.6. The second-order valence-electron chi connectivity index (χ2n) is 10.7. The minimum atomic E-state index is -4.97. The lowest BCUT2D eigenvalue weighted by molar-refractivity contribution is -0.132. The molecule has 5 atom stereocenters. The van der Waals surface area contributed by atoms with Crippen LogP contribution in [0.3, 0.4) is 0 Å². The number of alkyl carbamates (subject to hydrolysis) is 1. The van der Waals surface area contributed by atoms with Crippen molar-refractivity contribution in [3.8, 4) is 0 Å². The molecule has 13 nitrogen and oxygen atoms in total. The number of ether oxygens (including phenoxy) is 1. The second kappa shape index (κ2) is 13.9. The van der Waals surface area contributed by atoms with Gasteiger partial charge < -0.3 is 30.7 Å². The predicted molar refractivity (Wildman–Crippen MR) is 143 cm³/mol. The maximum absolute atomic E-state index is 13.1. The monoisotopic (exact) mass is 582 g/mol. The molecule has 5 N–H and O–H groups in total. The molecule has 40 heavy (non-hydrogen) atoms. The molecule has 0 spiro atoms. The van der Waals surface area contributed by atoms with Crippen LogP contribution in [-0.4, -0.2) is 84.0 Å². The fraction of sp³-hybridized carbons (Fsp3) is 0.615. The van der Waals surface area contributed by atoms with Crippen LogP contribution in [0.4, 0.5) is 4.79 Å². The first-order chi connectivity index (χ1) is 18.8. The minimum Gasteiger partial charge on any atom is -0.449 e. The lowest BCUT2D eigenvalue weighted by atomic mass is 9.97. The predicted octanol–water partition coefficient (Wildman–Crippen LogP) is 0.393. The van der Waals surface area contributed by atoms with Crippen LogP contribution < -0.4 is 16.0 Å². The lowest BCUT2D eigenvalue weighted by Crippen LogP contribution is -2.55. The van der Waals surface area contributed by atoms with Crippen molar-refractivity contribution in [3.63, 3.8) is 0 Å². The fourth-order valence-corrected chi connectivity index (χ4v) is 5.49. The Morgan fingerprint density at radius 2 is 1.82 bits per heavy atom. The number of rotatable bonds is 13. The number of likely N-dealkylation sites (tertiary alicyclic amines) is 1. The van der Waals surface area contributed by atoms with Gasteiger partial charge >= 0.3 is 6.09 Å². The van der Waals surface area contributed by atoms with Gasteiger partial charge in [-0.05, 0) is 37.2 Å². The average molecular weight is 583 g/mol. The number of nitrogens with one attached hydrogen (secondary N) is 3. The summed E-state index contributed by atoms with van der Waals surface area (Å²) in [6.45, 7) is 4.78. The van der Waals surface area contributed by atoms with Crippen molar-refractivity contribution < 1.29 is 42.0 Å². The molecule has 1 aromatic carbocycles. The van der Waals surface area contributed by atoms with Gasteiger partial charge in [-0.15, -0.1) is 0 Å². The topological polar surface area (TPSA) is 191 Å². The number of hydrogen-bond acceptors (Lipinski definition) is 8. The minimum absolute atomic E-state index is 0.0791. The molecule has 2 aliphatic heterocycles. The summed E-state index contributed by atoms with van der Waals surface area (Å²) in [6, 6.07) is 6.84. The molecule has 222 valence electrons. The van der Waals surface area contributed by atoms with E-state index in [4.69, 9.17) is 4.74 Å². The van der Waals surface area contributed by atoms with Crippen LogP contribution in [0.1, 0.15) is 45.1 Å². The van der Waals surface area contributed by atoms with Crippen molar-refractivity contribution in [1.82, 2.24) is 20.9 Å². The number of nitrogens with zero attached hydrogens (tertiary/aromatic N) is 1. The Balaban J connectivity index is 1.58. The van der Waals surface area contributed by atoms with Crippen LogP contribution in [0.15, 0.2) is 30.3 Å². The Hall–Kier alpha value is -3.23. The molecule has 0 bridgehead atoms. The van der Waals surface area contributed by atoms with Crippen molar-refractivity contribution >= 4 is 33.9 Å². The summed E-state index contributed by atoms with van der Waals surface area (Å²) < 4.78 is 37.9. The Morgan fingerprint density at radius 3 is 2.42 bits per heavy atom. The first-order valence-electron chi connectivity index (χ1n) is 13.3. The van der Waals surface area contributed by atoms with Crippen LogP contribution in [0.2, 0.25) is 0 Å². The first-order valence-corrected chi connectivity index (χ1v) is 14.8. The summed E-state index contributed by atoms with van der Waals surface area (Å²) in [5.74, 6) is -2.57. The van der Waals surface area contributed by atoms with E-state index in [2.05, 4.69) is 16.0 Å². The van der Waals surface area contributed by atoms with Crippen LogP contribution >= 0.6 is 0 Å². The quantitative estimate of drug-likeness (QED) is 0.205. The van der Waals surface area contributed by atoms with Crippen molar-refractivity contribution in [1.29, 1.82) is 0 Å². The van der Waals surface area contributed by atoms with Crippen molar-refractivity contribution in [2.45, 2.75) is 63.6 Å². The molecule has 0 aliphatic carbocycles. The van der Waals surface area contributed by atoms with E-state index in [-0.39, 0.29) is 37.2 Å². The van der Waals surface area contributed by atoms with E-state index in [9.17, 15) is 37.3 Å². The van der Waals surface area contributed by atoms with Crippen LogP contribution in [-0.2, 0) is 35.8 Å². The first kappa shape index (κ1) is 31.3. The third-order valence-electron chi connectivity index (χ3n) is 7.03. The Kier molecular flexibility index (Phi) is 10.9. The number of aliphatic hydroxyl groups is 1. The van der Waals surface area contributed by atoms with Gasteiger partial charge in [0.05, 0.1) is 12.0 Å². The molecule has 0 radical (unpaired) electrons. The highest BCUT2D eigenvalue weighted by Crippen LogP contribution is 2.22. The van der Waals surface area contributed by atoms with Crippen molar-refractivity contribution in [2.75, 3.05) is 19.7 Å². The second-order valence-corrected chi connectivity index (χ2v) is 12.2. The van der Waals surface area contributed by atoms with E-state index in [1.807, 2.05) is 30.3 Å². The van der Waals surface area contributed by atoms with Crippen LogP contribution in [0.25, 0.3) is 0 Å². The third kappa shape index (κ3) is 8.89.